The first-order valence-corrected chi connectivity index (χ1v) is 7.20. The van der Waals surface area contributed by atoms with Gasteiger partial charge in [-0.25, -0.2) is 0 Å². The number of amides is 1. The Hall–Kier alpha value is -3.87. The van der Waals surface area contributed by atoms with Crippen molar-refractivity contribution in [3.05, 3.63) is 75.3 Å². The second-order valence-electron chi connectivity index (χ2n) is 5.17. The number of nitro groups is 1. The summed E-state index contributed by atoms with van der Waals surface area (Å²) in [6.07, 6.45) is -4.57. The zero-order chi connectivity index (χ0) is 20.2. The maximum Gasteiger partial charge on any atom is 0.416 e. The number of nitriles is 1. The minimum atomic E-state index is -4.57. The molecule has 0 saturated carbocycles. The van der Waals surface area contributed by atoms with Crippen molar-refractivity contribution in [1.82, 2.24) is 0 Å². The maximum absolute atomic E-state index is 12.6. The molecule has 0 atom stereocenters. The largest absolute Gasteiger partial charge is 0.506 e. The Morgan fingerprint density at radius 1 is 1.11 bits per heavy atom. The Kier molecular flexibility index (Phi) is 5.45. The lowest BCUT2D eigenvalue weighted by Gasteiger charge is -2.09. The predicted molar refractivity (Wildman–Crippen MR) is 88.3 cm³/mol. The van der Waals surface area contributed by atoms with Gasteiger partial charge in [-0.1, -0.05) is 12.1 Å². The molecule has 0 heterocycles. The van der Waals surface area contributed by atoms with E-state index in [-0.39, 0.29) is 16.9 Å². The van der Waals surface area contributed by atoms with E-state index in [1.807, 2.05) is 0 Å². The number of nitrogens with zero attached hydrogens (tertiary/aromatic N) is 2. The van der Waals surface area contributed by atoms with Crippen LogP contribution < -0.4 is 5.32 Å². The van der Waals surface area contributed by atoms with E-state index in [0.29, 0.717) is 12.1 Å². The Labute approximate surface area is 150 Å². The zero-order valence-corrected chi connectivity index (χ0v) is 13.3. The quantitative estimate of drug-likeness (QED) is 0.274. The first-order chi connectivity index (χ1) is 12.6. The average molecular weight is 377 g/mol. The van der Waals surface area contributed by atoms with Crippen molar-refractivity contribution in [3.8, 4) is 6.07 Å². The molecule has 0 aromatic heterocycles. The molecule has 2 aromatic carbocycles. The van der Waals surface area contributed by atoms with Gasteiger partial charge in [0, 0.05) is 23.4 Å². The molecule has 1 amide bonds. The Balaban J connectivity index is 2.26. The number of hydrogen-bond donors (Lipinski definition) is 2. The number of halogens is 3. The topological polar surface area (TPSA) is 116 Å². The molecule has 0 bridgehead atoms. The highest BCUT2D eigenvalue weighted by atomic mass is 19.4. The molecule has 27 heavy (non-hydrogen) atoms. The highest BCUT2D eigenvalue weighted by molar-refractivity contribution is 6.10. The van der Waals surface area contributed by atoms with E-state index in [9.17, 15) is 33.2 Å². The van der Waals surface area contributed by atoms with Crippen molar-refractivity contribution >= 4 is 23.0 Å². The summed E-state index contributed by atoms with van der Waals surface area (Å²) in [5.74, 6) is -1.82. The monoisotopic (exact) mass is 377 g/mol. The number of benzene rings is 2. The van der Waals surface area contributed by atoms with Crippen LogP contribution in [0.2, 0.25) is 0 Å². The van der Waals surface area contributed by atoms with Crippen molar-refractivity contribution in [2.24, 2.45) is 0 Å². The standard InChI is InChI=1S/C17H10F3N3O4/c18-17(19,20)11-3-1-10(2-4-11)15(24)14(9-21)16(25)22-12-5-7-13(8-6-12)23(26)27/h1-8,24H,(H,22,25)/b15-14-. The first-order valence-electron chi connectivity index (χ1n) is 7.20. The lowest BCUT2D eigenvalue weighted by Crippen LogP contribution is -2.15. The summed E-state index contributed by atoms with van der Waals surface area (Å²) >= 11 is 0. The van der Waals surface area contributed by atoms with Crippen LogP contribution in [0.4, 0.5) is 24.5 Å². The summed E-state index contributed by atoms with van der Waals surface area (Å²) in [5, 5.41) is 32.0. The molecule has 2 rings (SSSR count). The van der Waals surface area contributed by atoms with E-state index >= 15 is 0 Å². The van der Waals surface area contributed by atoms with E-state index < -0.39 is 33.9 Å². The van der Waals surface area contributed by atoms with Crippen molar-refractivity contribution < 1.29 is 28.0 Å². The Morgan fingerprint density at radius 2 is 1.67 bits per heavy atom. The second-order valence-corrected chi connectivity index (χ2v) is 5.17. The SMILES string of the molecule is N#C/C(C(=O)Nc1ccc([N+](=O)[O-])cc1)=C(/O)c1ccc(C(F)(F)F)cc1. The van der Waals surface area contributed by atoms with Crippen LogP contribution in [0.25, 0.3) is 5.76 Å². The van der Waals surface area contributed by atoms with Crippen LogP contribution in [-0.4, -0.2) is 15.9 Å². The van der Waals surface area contributed by atoms with Crippen LogP contribution >= 0.6 is 0 Å². The summed E-state index contributed by atoms with van der Waals surface area (Å²) in [6, 6.07) is 9.44. The van der Waals surface area contributed by atoms with Gasteiger partial charge >= 0.3 is 6.18 Å². The third-order valence-corrected chi connectivity index (χ3v) is 3.40. The molecule has 7 nitrogen and oxygen atoms in total. The first kappa shape index (κ1) is 19.5. The molecular weight excluding hydrogens is 367 g/mol. The molecule has 0 aliphatic carbocycles. The second kappa shape index (κ2) is 7.57. The molecule has 2 aromatic rings. The van der Waals surface area contributed by atoms with Gasteiger partial charge in [-0.2, -0.15) is 18.4 Å². The van der Waals surface area contributed by atoms with Crippen LogP contribution in [0.5, 0.6) is 0 Å². The molecule has 10 heteroatoms. The number of aliphatic hydroxyl groups is 1. The van der Waals surface area contributed by atoms with E-state index in [2.05, 4.69) is 5.32 Å². The van der Waals surface area contributed by atoms with Crippen molar-refractivity contribution in [2.75, 3.05) is 5.32 Å². The normalized spacial score (nSPS) is 11.9. The number of rotatable bonds is 4. The van der Waals surface area contributed by atoms with Crippen LogP contribution in [-0.2, 0) is 11.0 Å². The van der Waals surface area contributed by atoms with Gasteiger partial charge in [0.15, 0.2) is 5.57 Å². The van der Waals surface area contributed by atoms with Gasteiger partial charge in [-0.3, -0.25) is 14.9 Å². The Morgan fingerprint density at radius 3 is 2.11 bits per heavy atom. The fraction of sp³-hybridized carbons (Fsp3) is 0.0588. The fourth-order valence-corrected chi connectivity index (χ4v) is 2.03. The third-order valence-electron chi connectivity index (χ3n) is 3.40. The number of aliphatic hydroxyl groups excluding tert-OH is 1. The number of non-ortho nitro benzene ring substituents is 1. The van der Waals surface area contributed by atoms with Crippen LogP contribution in [0.3, 0.4) is 0 Å². The maximum atomic E-state index is 12.6. The number of nitrogens with one attached hydrogen (secondary N) is 1. The van der Waals surface area contributed by atoms with E-state index in [4.69, 9.17) is 5.26 Å². The molecule has 0 spiro atoms. The highest BCUT2D eigenvalue weighted by Crippen LogP contribution is 2.30. The Bertz CT molecular complexity index is 943. The molecule has 0 unspecified atom stereocenters. The molecule has 0 saturated heterocycles. The summed E-state index contributed by atoms with van der Waals surface area (Å²) in [7, 11) is 0. The molecule has 138 valence electrons. The molecule has 0 radical (unpaired) electrons. The van der Waals surface area contributed by atoms with E-state index in [1.54, 1.807) is 0 Å². The van der Waals surface area contributed by atoms with Gasteiger partial charge in [0.2, 0.25) is 0 Å². The van der Waals surface area contributed by atoms with Gasteiger partial charge in [0.25, 0.3) is 11.6 Å². The third kappa shape index (κ3) is 4.60. The molecule has 0 aliphatic heterocycles. The van der Waals surface area contributed by atoms with Crippen LogP contribution in [0, 0.1) is 21.4 Å². The van der Waals surface area contributed by atoms with Gasteiger partial charge < -0.3 is 10.4 Å². The van der Waals surface area contributed by atoms with Crippen molar-refractivity contribution in [3.63, 3.8) is 0 Å². The van der Waals surface area contributed by atoms with E-state index in [0.717, 1.165) is 24.3 Å². The van der Waals surface area contributed by atoms with Crippen molar-refractivity contribution in [1.29, 1.82) is 5.26 Å². The van der Waals surface area contributed by atoms with Gasteiger partial charge in [0.1, 0.15) is 11.8 Å². The average Bonchev–Trinajstić information content (AvgIpc) is 2.62. The summed E-state index contributed by atoms with van der Waals surface area (Å²) in [4.78, 5) is 22.1. The molecule has 2 N–H and O–H groups in total. The minimum Gasteiger partial charge on any atom is -0.506 e. The summed E-state index contributed by atoms with van der Waals surface area (Å²) < 4.78 is 37.7. The smallest absolute Gasteiger partial charge is 0.416 e. The van der Waals surface area contributed by atoms with Gasteiger partial charge in [0.05, 0.1) is 10.5 Å². The highest BCUT2D eigenvalue weighted by Gasteiger charge is 2.30. The number of anilines is 1. The number of carbonyl (C=O) groups is 1. The van der Waals surface area contributed by atoms with Gasteiger partial charge in [-0.05, 0) is 24.3 Å². The number of carbonyl (C=O) groups excluding carboxylic acids is 1. The minimum absolute atomic E-state index is 0.124. The molecule has 0 aliphatic rings. The lowest BCUT2D eigenvalue weighted by atomic mass is 10.1. The van der Waals surface area contributed by atoms with Crippen LogP contribution in [0.15, 0.2) is 54.1 Å². The molecule has 0 fully saturated rings. The fourth-order valence-electron chi connectivity index (χ4n) is 2.03. The number of hydrogen-bond acceptors (Lipinski definition) is 5. The van der Waals surface area contributed by atoms with Gasteiger partial charge in [-0.15, -0.1) is 0 Å². The van der Waals surface area contributed by atoms with E-state index in [1.165, 1.54) is 18.2 Å². The lowest BCUT2D eigenvalue weighted by molar-refractivity contribution is -0.384. The zero-order valence-electron chi connectivity index (χ0n) is 13.3. The summed E-state index contributed by atoms with van der Waals surface area (Å²) in [6.45, 7) is 0. The number of alkyl halides is 3. The van der Waals surface area contributed by atoms with Crippen molar-refractivity contribution in [2.45, 2.75) is 6.18 Å². The van der Waals surface area contributed by atoms with Crippen LogP contribution in [0.1, 0.15) is 11.1 Å². The summed E-state index contributed by atoms with van der Waals surface area (Å²) in [5.41, 5.74) is -1.92. The number of nitro benzene ring substituents is 1. The molecular formula is C17H10F3N3O4. The predicted octanol–water partition coefficient (Wildman–Crippen LogP) is 4.04.